The van der Waals surface area contributed by atoms with E-state index in [1.54, 1.807) is 23.8 Å². The van der Waals surface area contributed by atoms with Crippen LogP contribution in [0.4, 0.5) is 29.2 Å². The van der Waals surface area contributed by atoms with Crippen LogP contribution in [-0.4, -0.2) is 9.55 Å². The minimum absolute atomic E-state index is 0.111. The zero-order valence-electron chi connectivity index (χ0n) is 11.2. The normalized spacial score (nSPS) is 11.5. The van der Waals surface area contributed by atoms with Gasteiger partial charge in [-0.2, -0.15) is 13.2 Å². The van der Waals surface area contributed by atoms with Gasteiger partial charge in [0.2, 0.25) is 5.95 Å². The van der Waals surface area contributed by atoms with Crippen LogP contribution >= 0.6 is 0 Å². The number of imidazole rings is 1. The lowest BCUT2D eigenvalue weighted by atomic mass is 10.2. The molecular formula is C14H13F4N3. The molecule has 0 radical (unpaired) electrons. The molecule has 2 rings (SSSR count). The molecule has 1 aromatic carbocycles. The molecule has 1 aromatic heterocycles. The molecule has 0 saturated carbocycles. The fourth-order valence-electron chi connectivity index (χ4n) is 1.87. The highest BCUT2D eigenvalue weighted by molar-refractivity contribution is 5.55. The number of aromatic nitrogens is 2. The number of hydrogen-bond donors (Lipinski definition) is 1. The fourth-order valence-corrected chi connectivity index (χ4v) is 1.87. The van der Waals surface area contributed by atoms with E-state index < -0.39 is 17.6 Å². The molecule has 0 aliphatic carbocycles. The molecule has 0 bridgehead atoms. The predicted molar refractivity (Wildman–Crippen MR) is 71.8 cm³/mol. The monoisotopic (exact) mass is 299 g/mol. The van der Waals surface area contributed by atoms with Crippen molar-refractivity contribution >= 4 is 11.6 Å². The minimum Gasteiger partial charge on any atom is -0.326 e. The molecule has 0 spiro atoms. The van der Waals surface area contributed by atoms with E-state index in [-0.39, 0.29) is 5.69 Å². The molecule has 0 amide bonds. The second kappa shape index (κ2) is 5.59. The molecular weight excluding hydrogens is 286 g/mol. The summed E-state index contributed by atoms with van der Waals surface area (Å²) in [4.78, 5) is 4.17. The Bertz CT molecular complexity index is 659. The number of halogens is 4. The third-order valence-corrected chi connectivity index (χ3v) is 2.75. The van der Waals surface area contributed by atoms with Crippen LogP contribution in [0.3, 0.4) is 0 Å². The fraction of sp³-hybridized carbons (Fsp3) is 0.214. The highest BCUT2D eigenvalue weighted by atomic mass is 19.4. The van der Waals surface area contributed by atoms with E-state index in [0.717, 1.165) is 12.1 Å². The number of aryl methyl sites for hydroxylation is 1. The van der Waals surface area contributed by atoms with Gasteiger partial charge in [0.25, 0.3) is 0 Å². The Balaban J connectivity index is 2.34. The Kier molecular flexibility index (Phi) is 4.02. The number of allylic oxidation sites excluding steroid dienone is 1. The average molecular weight is 299 g/mol. The summed E-state index contributed by atoms with van der Waals surface area (Å²) in [5.74, 6) is -0.939. The van der Waals surface area contributed by atoms with Gasteiger partial charge in [0.05, 0.1) is 11.3 Å². The van der Waals surface area contributed by atoms with Crippen molar-refractivity contribution in [2.24, 2.45) is 0 Å². The summed E-state index contributed by atoms with van der Waals surface area (Å²) in [6.07, 6.45) is -1.37. The van der Waals surface area contributed by atoms with Crippen molar-refractivity contribution in [1.29, 1.82) is 0 Å². The molecule has 0 unspecified atom stereocenters. The van der Waals surface area contributed by atoms with Gasteiger partial charge < -0.3 is 9.88 Å². The van der Waals surface area contributed by atoms with Gasteiger partial charge in [-0.1, -0.05) is 6.08 Å². The smallest absolute Gasteiger partial charge is 0.326 e. The standard InChI is InChI=1S/C14H13F4N3/c1-3-6-21-8-9(2)19-13(21)20-10-4-5-12(15)11(7-10)14(16,17)18/h3-5,7-8H,1,6H2,2H3,(H,19,20). The molecule has 112 valence electrons. The predicted octanol–water partition coefficient (Wildman–Crippen LogP) is 4.28. The lowest BCUT2D eigenvalue weighted by Crippen LogP contribution is -2.09. The van der Waals surface area contributed by atoms with Crippen molar-refractivity contribution in [3.63, 3.8) is 0 Å². The van der Waals surface area contributed by atoms with Gasteiger partial charge in [0.15, 0.2) is 0 Å². The zero-order chi connectivity index (χ0) is 15.6. The Morgan fingerprint density at radius 3 is 2.71 bits per heavy atom. The molecule has 0 atom stereocenters. The summed E-state index contributed by atoms with van der Waals surface area (Å²) < 4.78 is 52.9. The maximum Gasteiger partial charge on any atom is 0.419 e. The Morgan fingerprint density at radius 2 is 2.10 bits per heavy atom. The number of rotatable bonds is 4. The highest BCUT2D eigenvalue weighted by Gasteiger charge is 2.34. The van der Waals surface area contributed by atoms with Gasteiger partial charge in [0.1, 0.15) is 5.82 Å². The number of alkyl halides is 3. The van der Waals surface area contributed by atoms with Crippen LogP contribution < -0.4 is 5.32 Å². The van der Waals surface area contributed by atoms with Crippen molar-refractivity contribution in [3.8, 4) is 0 Å². The van der Waals surface area contributed by atoms with Crippen molar-refractivity contribution in [2.75, 3.05) is 5.32 Å². The highest BCUT2D eigenvalue weighted by Crippen LogP contribution is 2.33. The minimum atomic E-state index is -4.74. The number of nitrogens with zero attached hydrogens (tertiary/aromatic N) is 2. The molecule has 2 aromatic rings. The summed E-state index contributed by atoms with van der Waals surface area (Å²) in [6, 6.07) is 2.73. The van der Waals surface area contributed by atoms with E-state index in [1.807, 2.05) is 0 Å². The maximum atomic E-state index is 13.2. The number of benzene rings is 1. The lowest BCUT2D eigenvalue weighted by molar-refractivity contribution is -0.139. The van der Waals surface area contributed by atoms with Crippen LogP contribution in [0, 0.1) is 12.7 Å². The van der Waals surface area contributed by atoms with Crippen molar-refractivity contribution in [2.45, 2.75) is 19.6 Å². The second-order valence-corrected chi connectivity index (χ2v) is 4.46. The number of nitrogens with one attached hydrogen (secondary N) is 1. The van der Waals surface area contributed by atoms with Crippen molar-refractivity contribution in [1.82, 2.24) is 9.55 Å². The van der Waals surface area contributed by atoms with Crippen molar-refractivity contribution in [3.05, 3.63) is 54.1 Å². The van der Waals surface area contributed by atoms with E-state index in [1.165, 1.54) is 6.07 Å². The van der Waals surface area contributed by atoms with Crippen LogP contribution in [-0.2, 0) is 12.7 Å². The summed E-state index contributed by atoms with van der Waals surface area (Å²) in [6.45, 7) is 5.81. The van der Waals surface area contributed by atoms with E-state index in [0.29, 0.717) is 18.2 Å². The van der Waals surface area contributed by atoms with Crippen LogP contribution in [0.2, 0.25) is 0 Å². The molecule has 1 N–H and O–H groups in total. The topological polar surface area (TPSA) is 29.9 Å². The maximum absolute atomic E-state index is 13.2. The molecule has 3 nitrogen and oxygen atoms in total. The van der Waals surface area contributed by atoms with Gasteiger partial charge in [-0.3, -0.25) is 0 Å². The van der Waals surface area contributed by atoms with Gasteiger partial charge in [0, 0.05) is 18.4 Å². The molecule has 1 heterocycles. The van der Waals surface area contributed by atoms with E-state index >= 15 is 0 Å². The first-order valence-electron chi connectivity index (χ1n) is 6.09. The van der Waals surface area contributed by atoms with Crippen LogP contribution in [0.1, 0.15) is 11.3 Å². The van der Waals surface area contributed by atoms with E-state index in [2.05, 4.69) is 16.9 Å². The largest absolute Gasteiger partial charge is 0.419 e. The van der Waals surface area contributed by atoms with Gasteiger partial charge in [-0.15, -0.1) is 6.58 Å². The summed E-state index contributed by atoms with van der Waals surface area (Å²) >= 11 is 0. The number of hydrogen-bond acceptors (Lipinski definition) is 2. The quantitative estimate of drug-likeness (QED) is 0.674. The average Bonchev–Trinajstić information content (AvgIpc) is 2.71. The van der Waals surface area contributed by atoms with Gasteiger partial charge in [-0.25, -0.2) is 9.37 Å². The summed E-state index contributed by atoms with van der Waals surface area (Å²) in [7, 11) is 0. The molecule has 0 aliphatic heterocycles. The SMILES string of the molecule is C=CCn1cc(C)nc1Nc1ccc(F)c(C(F)(F)F)c1. The van der Waals surface area contributed by atoms with E-state index in [9.17, 15) is 17.6 Å². The molecule has 7 heteroatoms. The first-order chi connectivity index (χ1) is 9.81. The second-order valence-electron chi connectivity index (χ2n) is 4.46. The van der Waals surface area contributed by atoms with Crippen LogP contribution in [0.15, 0.2) is 37.1 Å². The van der Waals surface area contributed by atoms with Gasteiger partial charge >= 0.3 is 6.18 Å². The number of anilines is 2. The van der Waals surface area contributed by atoms with Crippen LogP contribution in [0.25, 0.3) is 0 Å². The summed E-state index contributed by atoms with van der Waals surface area (Å²) in [5, 5.41) is 2.76. The van der Waals surface area contributed by atoms with E-state index in [4.69, 9.17) is 0 Å². The first-order valence-corrected chi connectivity index (χ1v) is 6.09. The third-order valence-electron chi connectivity index (χ3n) is 2.75. The Labute approximate surface area is 118 Å². The third kappa shape index (κ3) is 3.42. The Hall–Kier alpha value is -2.31. The van der Waals surface area contributed by atoms with Crippen LogP contribution in [0.5, 0.6) is 0 Å². The zero-order valence-corrected chi connectivity index (χ0v) is 11.2. The lowest BCUT2D eigenvalue weighted by Gasteiger charge is -2.12. The Morgan fingerprint density at radius 1 is 1.38 bits per heavy atom. The molecule has 21 heavy (non-hydrogen) atoms. The first kappa shape index (κ1) is 15.1. The van der Waals surface area contributed by atoms with Crippen molar-refractivity contribution < 1.29 is 17.6 Å². The van der Waals surface area contributed by atoms with Gasteiger partial charge in [-0.05, 0) is 25.1 Å². The molecule has 0 saturated heterocycles. The molecule has 0 fully saturated rings. The summed E-state index contributed by atoms with van der Waals surface area (Å²) in [5.41, 5.74) is -0.497. The molecule has 0 aliphatic rings.